The van der Waals surface area contributed by atoms with Crippen LogP contribution in [0.3, 0.4) is 0 Å². The van der Waals surface area contributed by atoms with Gasteiger partial charge < -0.3 is 10.1 Å². The summed E-state index contributed by atoms with van der Waals surface area (Å²) in [5.74, 6) is 1.18. The number of aromatic nitrogens is 2. The minimum atomic E-state index is -0.155. The molecular formula is C20H18BrN3O2. The molecule has 0 spiro atoms. The van der Waals surface area contributed by atoms with Crippen molar-refractivity contribution >= 4 is 21.8 Å². The van der Waals surface area contributed by atoms with Gasteiger partial charge in [0.05, 0.1) is 12.7 Å². The molecule has 0 saturated carbocycles. The van der Waals surface area contributed by atoms with Gasteiger partial charge in [0, 0.05) is 29.0 Å². The Morgan fingerprint density at radius 2 is 1.85 bits per heavy atom. The number of hydrogen-bond acceptors (Lipinski definition) is 4. The number of hydrogen-bond donors (Lipinski definition) is 1. The SMILES string of the molecule is COc1ccc(Br)c(C(=O)NCCc2cnc(-c3ccccc3)nc2)c1. The van der Waals surface area contributed by atoms with Crippen LogP contribution in [0.1, 0.15) is 15.9 Å². The summed E-state index contributed by atoms with van der Waals surface area (Å²) in [5, 5.41) is 2.91. The van der Waals surface area contributed by atoms with E-state index in [1.807, 2.05) is 30.3 Å². The zero-order chi connectivity index (χ0) is 18.4. The molecule has 0 unspecified atom stereocenters. The standard InChI is InChI=1S/C20H18BrN3O2/c1-26-16-7-8-18(21)17(11-16)20(25)22-10-9-14-12-23-19(24-13-14)15-5-3-2-4-6-15/h2-8,11-13H,9-10H2,1H3,(H,22,25). The van der Waals surface area contributed by atoms with Gasteiger partial charge in [0.25, 0.3) is 5.91 Å². The maximum Gasteiger partial charge on any atom is 0.252 e. The van der Waals surface area contributed by atoms with Gasteiger partial charge in [-0.3, -0.25) is 4.79 Å². The van der Waals surface area contributed by atoms with Crippen molar-refractivity contribution in [2.45, 2.75) is 6.42 Å². The Morgan fingerprint density at radius 1 is 1.12 bits per heavy atom. The number of carbonyl (C=O) groups is 1. The molecular weight excluding hydrogens is 394 g/mol. The van der Waals surface area contributed by atoms with Crippen molar-refractivity contribution in [3.8, 4) is 17.1 Å². The lowest BCUT2D eigenvalue weighted by molar-refractivity contribution is 0.0953. The maximum atomic E-state index is 12.3. The van der Waals surface area contributed by atoms with Gasteiger partial charge in [0.1, 0.15) is 5.75 Å². The van der Waals surface area contributed by atoms with Crippen molar-refractivity contribution in [2.24, 2.45) is 0 Å². The average Bonchev–Trinajstić information content (AvgIpc) is 2.69. The van der Waals surface area contributed by atoms with E-state index in [4.69, 9.17) is 4.74 Å². The number of methoxy groups -OCH3 is 1. The number of rotatable bonds is 6. The molecule has 0 bridgehead atoms. The summed E-state index contributed by atoms with van der Waals surface area (Å²) >= 11 is 3.39. The van der Waals surface area contributed by atoms with Crippen molar-refractivity contribution in [3.63, 3.8) is 0 Å². The quantitative estimate of drug-likeness (QED) is 0.668. The molecule has 3 rings (SSSR count). The summed E-state index contributed by atoms with van der Waals surface area (Å²) in [6.45, 7) is 0.497. The third-order valence-electron chi connectivity index (χ3n) is 3.85. The highest BCUT2D eigenvalue weighted by atomic mass is 79.9. The van der Waals surface area contributed by atoms with Gasteiger partial charge in [-0.1, -0.05) is 30.3 Å². The molecule has 0 fully saturated rings. The smallest absolute Gasteiger partial charge is 0.252 e. The van der Waals surface area contributed by atoms with E-state index in [1.54, 1.807) is 37.7 Å². The second-order valence-corrected chi connectivity index (χ2v) is 6.49. The number of halogens is 1. The molecule has 0 aliphatic rings. The van der Waals surface area contributed by atoms with Crippen molar-refractivity contribution in [3.05, 3.63) is 76.5 Å². The van der Waals surface area contributed by atoms with Crippen molar-refractivity contribution in [2.75, 3.05) is 13.7 Å². The van der Waals surface area contributed by atoms with Crippen LogP contribution in [-0.2, 0) is 6.42 Å². The number of benzene rings is 2. The highest BCUT2D eigenvalue weighted by Crippen LogP contribution is 2.22. The summed E-state index contributed by atoms with van der Waals surface area (Å²) in [4.78, 5) is 21.1. The van der Waals surface area contributed by atoms with Crippen LogP contribution in [0.4, 0.5) is 0 Å². The van der Waals surface area contributed by atoms with Crippen LogP contribution < -0.4 is 10.1 Å². The third kappa shape index (κ3) is 4.46. The molecule has 5 nitrogen and oxygen atoms in total. The Hall–Kier alpha value is -2.73. The van der Waals surface area contributed by atoms with E-state index >= 15 is 0 Å². The highest BCUT2D eigenvalue weighted by molar-refractivity contribution is 9.10. The fourth-order valence-electron chi connectivity index (χ4n) is 2.44. The second kappa shape index (κ2) is 8.58. The highest BCUT2D eigenvalue weighted by Gasteiger charge is 2.11. The second-order valence-electron chi connectivity index (χ2n) is 5.63. The Kier molecular flexibility index (Phi) is 5.96. The molecule has 1 N–H and O–H groups in total. The third-order valence-corrected chi connectivity index (χ3v) is 4.55. The van der Waals surface area contributed by atoms with Crippen LogP contribution >= 0.6 is 15.9 Å². The van der Waals surface area contributed by atoms with Crippen molar-refractivity contribution in [1.82, 2.24) is 15.3 Å². The number of carbonyl (C=O) groups excluding carboxylic acids is 1. The predicted molar refractivity (Wildman–Crippen MR) is 104 cm³/mol. The fourth-order valence-corrected chi connectivity index (χ4v) is 2.87. The number of nitrogens with zero attached hydrogens (tertiary/aromatic N) is 2. The first-order valence-electron chi connectivity index (χ1n) is 8.15. The van der Waals surface area contributed by atoms with Gasteiger partial charge in [-0.25, -0.2) is 9.97 Å². The zero-order valence-corrected chi connectivity index (χ0v) is 15.9. The van der Waals surface area contributed by atoms with Crippen LogP contribution in [0.5, 0.6) is 5.75 Å². The van der Waals surface area contributed by atoms with Gasteiger partial charge in [-0.2, -0.15) is 0 Å². The Labute approximate surface area is 160 Å². The summed E-state index contributed by atoms with van der Waals surface area (Å²) < 4.78 is 5.89. The molecule has 1 heterocycles. The predicted octanol–water partition coefficient (Wildman–Crippen LogP) is 3.89. The molecule has 1 amide bonds. The summed E-state index contributed by atoms with van der Waals surface area (Å²) in [7, 11) is 1.57. The molecule has 3 aromatic rings. The monoisotopic (exact) mass is 411 g/mol. The number of nitrogens with one attached hydrogen (secondary N) is 1. The molecule has 1 aromatic heterocycles. The summed E-state index contributed by atoms with van der Waals surface area (Å²) in [6.07, 6.45) is 4.24. The molecule has 0 saturated heterocycles. The largest absolute Gasteiger partial charge is 0.497 e. The first kappa shape index (κ1) is 18.1. The first-order chi connectivity index (χ1) is 12.7. The van der Waals surface area contributed by atoms with Gasteiger partial charge in [0.15, 0.2) is 5.82 Å². The molecule has 6 heteroatoms. The molecule has 26 heavy (non-hydrogen) atoms. The number of amides is 1. The van der Waals surface area contributed by atoms with Crippen LogP contribution in [0.15, 0.2) is 65.4 Å². The van der Waals surface area contributed by atoms with Crippen LogP contribution in [0.2, 0.25) is 0 Å². The van der Waals surface area contributed by atoms with Gasteiger partial charge in [0.2, 0.25) is 0 Å². The molecule has 132 valence electrons. The Balaban J connectivity index is 1.57. The van der Waals surface area contributed by atoms with E-state index in [9.17, 15) is 4.79 Å². The first-order valence-corrected chi connectivity index (χ1v) is 8.95. The van der Waals surface area contributed by atoms with Gasteiger partial charge in [-0.15, -0.1) is 0 Å². The van der Waals surface area contributed by atoms with E-state index in [2.05, 4.69) is 31.2 Å². The lowest BCUT2D eigenvalue weighted by Crippen LogP contribution is -2.26. The average molecular weight is 412 g/mol. The van der Waals surface area contributed by atoms with Crippen molar-refractivity contribution in [1.29, 1.82) is 0 Å². The summed E-state index contributed by atoms with van der Waals surface area (Å²) in [6, 6.07) is 15.1. The van der Waals surface area contributed by atoms with Gasteiger partial charge >= 0.3 is 0 Å². The van der Waals surface area contributed by atoms with Crippen molar-refractivity contribution < 1.29 is 9.53 Å². The molecule has 0 aliphatic heterocycles. The molecule has 0 aliphatic carbocycles. The van der Waals surface area contributed by atoms with Crippen LogP contribution in [0, 0.1) is 0 Å². The molecule has 0 radical (unpaired) electrons. The van der Waals surface area contributed by atoms with E-state index < -0.39 is 0 Å². The molecule has 2 aromatic carbocycles. The Bertz CT molecular complexity index is 883. The van der Waals surface area contributed by atoms with Crippen LogP contribution in [0.25, 0.3) is 11.4 Å². The fraction of sp³-hybridized carbons (Fsp3) is 0.150. The van der Waals surface area contributed by atoms with Crippen LogP contribution in [-0.4, -0.2) is 29.5 Å². The van der Waals surface area contributed by atoms with Gasteiger partial charge in [-0.05, 0) is 46.1 Å². The zero-order valence-electron chi connectivity index (χ0n) is 14.3. The minimum Gasteiger partial charge on any atom is -0.497 e. The topological polar surface area (TPSA) is 64.1 Å². The molecule has 0 atom stereocenters. The summed E-state index contributed by atoms with van der Waals surface area (Å²) in [5.41, 5.74) is 2.49. The van der Waals surface area contributed by atoms with E-state index in [1.165, 1.54) is 0 Å². The Morgan fingerprint density at radius 3 is 2.54 bits per heavy atom. The lowest BCUT2D eigenvalue weighted by atomic mass is 10.2. The maximum absolute atomic E-state index is 12.3. The minimum absolute atomic E-state index is 0.155. The van der Waals surface area contributed by atoms with E-state index in [0.717, 1.165) is 15.6 Å². The number of ether oxygens (including phenoxy) is 1. The normalized spacial score (nSPS) is 10.4. The lowest BCUT2D eigenvalue weighted by Gasteiger charge is -2.09. The van der Waals surface area contributed by atoms with E-state index in [-0.39, 0.29) is 5.91 Å². The van der Waals surface area contributed by atoms with E-state index in [0.29, 0.717) is 30.1 Å².